The largest absolute Gasteiger partial charge is 0.446 e. The highest BCUT2D eigenvalue weighted by atomic mass is 16.6. The van der Waals surface area contributed by atoms with Gasteiger partial charge in [0.2, 0.25) is 0 Å². The van der Waals surface area contributed by atoms with Crippen LogP contribution in [0.2, 0.25) is 0 Å². The van der Waals surface area contributed by atoms with Crippen LogP contribution in [0.4, 0.5) is 4.79 Å². The average Bonchev–Trinajstić information content (AvgIpc) is 3.01. The fraction of sp³-hybridized carbons (Fsp3) is 0.976. The Bertz CT molecular complexity index is 579. The quantitative estimate of drug-likeness (QED) is 0.0669. The van der Waals surface area contributed by atoms with Crippen LogP contribution in [0.1, 0.15) is 228 Å². The second-order valence-corrected chi connectivity index (χ2v) is 15.5. The molecular formula is C42H87NO4. The Morgan fingerprint density at radius 3 is 1.28 bits per heavy atom. The van der Waals surface area contributed by atoms with Crippen LogP contribution < -0.4 is 5.32 Å². The van der Waals surface area contributed by atoms with Crippen LogP contribution in [0.15, 0.2) is 0 Å². The van der Waals surface area contributed by atoms with Gasteiger partial charge in [-0.3, -0.25) is 0 Å². The number of hydrogen-bond donors (Lipinski definition) is 2. The van der Waals surface area contributed by atoms with E-state index in [2.05, 4.69) is 39.9 Å². The summed E-state index contributed by atoms with van der Waals surface area (Å²) in [5, 5.41) is 12.1. The zero-order chi connectivity index (χ0) is 35.3. The highest BCUT2D eigenvalue weighted by Gasteiger charge is 2.17. The summed E-state index contributed by atoms with van der Waals surface area (Å²) in [4.78, 5) is 12.5. The van der Waals surface area contributed by atoms with E-state index in [0.717, 1.165) is 38.0 Å². The van der Waals surface area contributed by atoms with Gasteiger partial charge in [0.05, 0.1) is 5.60 Å². The number of aliphatic hydroxyl groups excluding tert-OH is 1. The minimum Gasteiger partial charge on any atom is -0.446 e. The third kappa shape index (κ3) is 43.2. The van der Waals surface area contributed by atoms with E-state index in [1.165, 1.54) is 141 Å². The van der Waals surface area contributed by atoms with Gasteiger partial charge in [-0.2, -0.15) is 0 Å². The molecule has 0 aromatic rings. The number of amides is 1. The molecule has 0 aromatic heterocycles. The Morgan fingerprint density at radius 2 is 0.936 bits per heavy atom. The summed E-state index contributed by atoms with van der Waals surface area (Å²) in [6.07, 6.45) is 35.4. The first-order valence-corrected chi connectivity index (χ1v) is 20.9. The molecule has 0 spiro atoms. The molecular weight excluding hydrogens is 582 g/mol. The summed E-state index contributed by atoms with van der Waals surface area (Å²) in [6.45, 7) is 16.3. The second kappa shape index (κ2) is 38.0. The van der Waals surface area contributed by atoms with Crippen LogP contribution in [-0.2, 0) is 9.47 Å². The molecule has 0 radical (unpaired) electrons. The highest BCUT2D eigenvalue weighted by Crippen LogP contribution is 2.19. The van der Waals surface area contributed by atoms with Gasteiger partial charge in [-0.25, -0.2) is 4.79 Å². The molecule has 0 aliphatic carbocycles. The summed E-state index contributed by atoms with van der Waals surface area (Å²) < 4.78 is 11.7. The van der Waals surface area contributed by atoms with Gasteiger partial charge in [0.15, 0.2) is 0 Å². The van der Waals surface area contributed by atoms with Gasteiger partial charge < -0.3 is 19.9 Å². The van der Waals surface area contributed by atoms with E-state index in [4.69, 9.17) is 14.6 Å². The third-order valence-electron chi connectivity index (χ3n) is 8.83. The topological polar surface area (TPSA) is 67.8 Å². The fourth-order valence-corrected chi connectivity index (χ4v) is 5.83. The lowest BCUT2D eigenvalue weighted by molar-refractivity contribution is -0.0332. The number of aliphatic hydroxyl groups is 1. The number of alkyl carbamates (subject to hydrolysis) is 1. The fourth-order valence-electron chi connectivity index (χ4n) is 5.83. The second-order valence-electron chi connectivity index (χ2n) is 15.5. The van der Waals surface area contributed by atoms with E-state index in [9.17, 15) is 4.79 Å². The van der Waals surface area contributed by atoms with Crippen molar-refractivity contribution in [2.24, 2.45) is 5.92 Å². The van der Waals surface area contributed by atoms with E-state index in [-0.39, 0.29) is 24.4 Å². The van der Waals surface area contributed by atoms with E-state index < -0.39 is 0 Å². The predicted octanol–water partition coefficient (Wildman–Crippen LogP) is 13.5. The molecule has 0 fully saturated rings. The lowest BCUT2D eigenvalue weighted by Gasteiger charge is -2.24. The van der Waals surface area contributed by atoms with Crippen LogP contribution in [0.25, 0.3) is 0 Å². The third-order valence-corrected chi connectivity index (χ3v) is 8.83. The molecule has 0 atom stereocenters. The summed E-state index contributed by atoms with van der Waals surface area (Å²) in [5.41, 5.74) is -0.331. The Kier molecular flexibility index (Phi) is 39.1. The van der Waals surface area contributed by atoms with E-state index in [1.54, 1.807) is 0 Å². The first kappa shape index (κ1) is 48.3. The lowest BCUT2D eigenvalue weighted by Crippen LogP contribution is -2.31. The molecule has 5 heteroatoms. The summed E-state index contributed by atoms with van der Waals surface area (Å²) in [5.74, 6) is 0.833. The predicted molar refractivity (Wildman–Crippen MR) is 207 cm³/mol. The van der Waals surface area contributed by atoms with Crippen LogP contribution in [0.5, 0.6) is 0 Å². The minimum absolute atomic E-state index is 0.0333. The van der Waals surface area contributed by atoms with Gasteiger partial charge in [0, 0.05) is 19.8 Å². The van der Waals surface area contributed by atoms with Crippen molar-refractivity contribution in [3.05, 3.63) is 0 Å². The number of ether oxygens (including phenoxy) is 2. The van der Waals surface area contributed by atoms with Crippen molar-refractivity contribution in [1.29, 1.82) is 0 Å². The van der Waals surface area contributed by atoms with Crippen molar-refractivity contribution in [2.75, 3.05) is 19.8 Å². The van der Waals surface area contributed by atoms with Crippen molar-refractivity contribution in [3.8, 4) is 0 Å². The molecule has 0 rings (SSSR count). The molecule has 0 saturated carbocycles. The van der Waals surface area contributed by atoms with E-state index in [1.807, 2.05) is 13.8 Å². The van der Waals surface area contributed by atoms with Crippen LogP contribution in [0, 0.1) is 5.92 Å². The molecule has 5 nitrogen and oxygen atoms in total. The number of unbranched alkanes of at least 4 members (excludes halogenated alkanes) is 22. The zero-order valence-corrected chi connectivity index (χ0v) is 33.2. The molecule has 0 unspecified atom stereocenters. The van der Waals surface area contributed by atoms with Gasteiger partial charge in [-0.05, 0) is 58.3 Å². The van der Waals surface area contributed by atoms with Crippen molar-refractivity contribution in [2.45, 2.75) is 240 Å². The van der Waals surface area contributed by atoms with Gasteiger partial charge in [-0.1, -0.05) is 176 Å². The smallest absolute Gasteiger partial charge is 0.407 e. The summed E-state index contributed by atoms with van der Waals surface area (Å²) in [7, 11) is 0. The molecule has 47 heavy (non-hydrogen) atoms. The maximum absolute atomic E-state index is 12.5. The highest BCUT2D eigenvalue weighted by molar-refractivity contribution is 5.67. The number of rotatable bonds is 34. The van der Waals surface area contributed by atoms with Gasteiger partial charge in [-0.15, -0.1) is 0 Å². The lowest BCUT2D eigenvalue weighted by atomic mass is 10.0. The van der Waals surface area contributed by atoms with Crippen molar-refractivity contribution in [1.82, 2.24) is 5.32 Å². The molecule has 0 bridgehead atoms. The monoisotopic (exact) mass is 670 g/mol. The maximum atomic E-state index is 12.5. The first-order valence-electron chi connectivity index (χ1n) is 20.9. The molecule has 0 aliphatic rings. The number of nitrogens with one attached hydrogen (secondary N) is 1. The maximum Gasteiger partial charge on any atom is 0.407 e. The standard InChI is InChI=1S/C38H77NO4.C4H10/c1-5-7-9-11-13-15-17-19-21-23-25-27-30-36(31-28-26-24-22-20-18-16-14-12-10-8-6-2)43-37(41)39-33-29-35-42-38(3,4)32-34-40;1-4(2)3/h36,40H,5-35H2,1-4H3,(H,39,41);4H,1-3H3. The normalized spacial score (nSPS) is 11.6. The molecule has 284 valence electrons. The van der Waals surface area contributed by atoms with Gasteiger partial charge >= 0.3 is 6.09 Å². The van der Waals surface area contributed by atoms with Crippen molar-refractivity contribution < 1.29 is 19.4 Å². The molecule has 1 amide bonds. The zero-order valence-electron chi connectivity index (χ0n) is 33.2. The SMILES string of the molecule is CC(C)C.CCCCCCCCCCCCCCC(CCCCCCCCCCCCCC)OC(=O)NCCCOC(C)(C)CCO. The average molecular weight is 670 g/mol. The summed E-state index contributed by atoms with van der Waals surface area (Å²) >= 11 is 0. The molecule has 0 heterocycles. The van der Waals surface area contributed by atoms with E-state index >= 15 is 0 Å². The van der Waals surface area contributed by atoms with Gasteiger partial charge in [0.1, 0.15) is 6.10 Å². The molecule has 2 N–H and O–H groups in total. The van der Waals surface area contributed by atoms with Crippen molar-refractivity contribution in [3.63, 3.8) is 0 Å². The Labute approximate surface area is 295 Å². The molecule has 0 aliphatic heterocycles. The summed E-state index contributed by atoms with van der Waals surface area (Å²) in [6, 6.07) is 0. The number of carbonyl (C=O) groups excluding carboxylic acids is 1. The van der Waals surface area contributed by atoms with Crippen LogP contribution in [0.3, 0.4) is 0 Å². The molecule has 0 saturated heterocycles. The van der Waals surface area contributed by atoms with Crippen LogP contribution in [-0.4, -0.2) is 42.7 Å². The van der Waals surface area contributed by atoms with E-state index in [0.29, 0.717) is 19.6 Å². The Balaban J connectivity index is 0. The minimum atomic E-state index is -0.331. The first-order chi connectivity index (χ1) is 22.7. The van der Waals surface area contributed by atoms with Crippen molar-refractivity contribution >= 4 is 6.09 Å². The van der Waals surface area contributed by atoms with Crippen LogP contribution >= 0.6 is 0 Å². The Morgan fingerprint density at radius 1 is 0.596 bits per heavy atom. The molecule has 0 aromatic carbocycles. The van der Waals surface area contributed by atoms with Gasteiger partial charge in [0.25, 0.3) is 0 Å². The number of hydrogen-bond acceptors (Lipinski definition) is 4. The Hall–Kier alpha value is -0.810. The number of carbonyl (C=O) groups is 1.